The summed E-state index contributed by atoms with van der Waals surface area (Å²) in [4.78, 5) is 11.7. The van der Waals surface area contributed by atoms with Crippen molar-refractivity contribution in [3.63, 3.8) is 0 Å². The van der Waals surface area contributed by atoms with Crippen LogP contribution in [0, 0.1) is 11.3 Å². The molecule has 1 N–H and O–H groups in total. The van der Waals surface area contributed by atoms with Gasteiger partial charge >= 0.3 is 0 Å². The Balaban J connectivity index is 2.30. The van der Waals surface area contributed by atoms with Crippen molar-refractivity contribution >= 4 is 5.91 Å². The maximum atomic E-state index is 11.7. The lowest BCUT2D eigenvalue weighted by atomic mass is 9.98. The molecule has 0 aromatic heterocycles. The van der Waals surface area contributed by atoms with E-state index in [0.717, 1.165) is 11.1 Å². The van der Waals surface area contributed by atoms with Crippen molar-refractivity contribution in [3.05, 3.63) is 71.8 Å². The lowest BCUT2D eigenvalue weighted by Crippen LogP contribution is -2.28. The van der Waals surface area contributed by atoms with Crippen LogP contribution in [0.1, 0.15) is 23.6 Å². The first-order valence-corrected chi connectivity index (χ1v) is 6.07. The molecular formula is C16H14N2O. The van der Waals surface area contributed by atoms with E-state index in [9.17, 15) is 4.79 Å². The minimum Gasteiger partial charge on any atom is -0.344 e. The Bertz CT molecular complexity index is 533. The standard InChI is InChI=1S/C16H14N2O/c17-12-11-15(19)18-16(13-7-3-1-4-8-13)14-9-5-2-6-10-14/h1-10,16H,11H2,(H,18,19). The van der Waals surface area contributed by atoms with Crippen molar-refractivity contribution in [2.75, 3.05) is 0 Å². The number of rotatable bonds is 4. The molecule has 0 saturated heterocycles. The highest BCUT2D eigenvalue weighted by molar-refractivity contribution is 5.79. The molecule has 2 aromatic rings. The van der Waals surface area contributed by atoms with E-state index in [2.05, 4.69) is 5.32 Å². The van der Waals surface area contributed by atoms with Gasteiger partial charge in [0.15, 0.2) is 0 Å². The van der Waals surface area contributed by atoms with E-state index in [1.807, 2.05) is 66.7 Å². The highest BCUT2D eigenvalue weighted by atomic mass is 16.1. The second-order valence-electron chi connectivity index (χ2n) is 4.16. The van der Waals surface area contributed by atoms with E-state index in [1.54, 1.807) is 0 Å². The average Bonchev–Trinajstić information content (AvgIpc) is 2.47. The molecule has 2 rings (SSSR count). The first-order chi connectivity index (χ1) is 9.31. The molecular weight excluding hydrogens is 236 g/mol. The van der Waals surface area contributed by atoms with Crippen LogP contribution in [0.3, 0.4) is 0 Å². The van der Waals surface area contributed by atoms with Gasteiger partial charge in [0, 0.05) is 0 Å². The molecule has 0 aliphatic carbocycles. The summed E-state index contributed by atoms with van der Waals surface area (Å²) < 4.78 is 0. The molecule has 0 radical (unpaired) electrons. The predicted octanol–water partition coefficient (Wildman–Crippen LogP) is 2.81. The van der Waals surface area contributed by atoms with Gasteiger partial charge in [0.25, 0.3) is 0 Å². The largest absolute Gasteiger partial charge is 0.344 e. The molecule has 0 spiro atoms. The van der Waals surface area contributed by atoms with Crippen LogP contribution in [-0.4, -0.2) is 5.91 Å². The molecule has 0 fully saturated rings. The van der Waals surface area contributed by atoms with Crippen LogP contribution in [0.15, 0.2) is 60.7 Å². The third kappa shape index (κ3) is 3.43. The predicted molar refractivity (Wildman–Crippen MR) is 73.1 cm³/mol. The molecule has 0 atom stereocenters. The molecule has 19 heavy (non-hydrogen) atoms. The van der Waals surface area contributed by atoms with Gasteiger partial charge in [-0.05, 0) is 11.1 Å². The van der Waals surface area contributed by atoms with Crippen LogP contribution in [0.4, 0.5) is 0 Å². The normalized spacial score (nSPS) is 9.89. The van der Waals surface area contributed by atoms with Crippen LogP contribution >= 0.6 is 0 Å². The molecule has 2 aromatic carbocycles. The van der Waals surface area contributed by atoms with Crippen LogP contribution in [-0.2, 0) is 4.79 Å². The molecule has 94 valence electrons. The summed E-state index contributed by atoms with van der Waals surface area (Å²) in [7, 11) is 0. The summed E-state index contributed by atoms with van der Waals surface area (Å²) in [6.07, 6.45) is -0.129. The Kier molecular flexibility index (Phi) is 4.30. The molecule has 0 aliphatic rings. The van der Waals surface area contributed by atoms with Crippen molar-refractivity contribution < 1.29 is 4.79 Å². The zero-order valence-electron chi connectivity index (χ0n) is 10.4. The van der Waals surface area contributed by atoms with Gasteiger partial charge in [-0.15, -0.1) is 0 Å². The summed E-state index contributed by atoms with van der Waals surface area (Å²) in [5, 5.41) is 11.5. The first kappa shape index (κ1) is 12.8. The second kappa shape index (κ2) is 6.36. The number of nitriles is 1. The third-order valence-electron chi connectivity index (χ3n) is 2.81. The quantitative estimate of drug-likeness (QED) is 0.907. The Hall–Kier alpha value is -2.60. The number of amides is 1. The van der Waals surface area contributed by atoms with Gasteiger partial charge in [-0.2, -0.15) is 5.26 Å². The number of hydrogen-bond donors (Lipinski definition) is 1. The van der Waals surface area contributed by atoms with Crippen molar-refractivity contribution in [3.8, 4) is 6.07 Å². The van der Waals surface area contributed by atoms with E-state index >= 15 is 0 Å². The summed E-state index contributed by atoms with van der Waals surface area (Å²) in [5.74, 6) is -0.264. The highest BCUT2D eigenvalue weighted by Crippen LogP contribution is 2.21. The van der Waals surface area contributed by atoms with E-state index < -0.39 is 0 Å². The molecule has 0 bridgehead atoms. The van der Waals surface area contributed by atoms with Gasteiger partial charge < -0.3 is 5.32 Å². The lowest BCUT2D eigenvalue weighted by Gasteiger charge is -2.19. The number of benzene rings is 2. The van der Waals surface area contributed by atoms with E-state index in [4.69, 9.17) is 5.26 Å². The van der Waals surface area contributed by atoms with E-state index in [1.165, 1.54) is 0 Å². The van der Waals surface area contributed by atoms with E-state index in [-0.39, 0.29) is 18.4 Å². The van der Waals surface area contributed by atoms with Gasteiger partial charge in [0.2, 0.25) is 5.91 Å². The number of hydrogen-bond acceptors (Lipinski definition) is 2. The van der Waals surface area contributed by atoms with Crippen LogP contribution < -0.4 is 5.32 Å². The Morgan fingerprint density at radius 1 is 1.00 bits per heavy atom. The minimum absolute atomic E-state index is 0.129. The van der Waals surface area contributed by atoms with E-state index in [0.29, 0.717) is 0 Å². The molecule has 3 heteroatoms. The second-order valence-corrected chi connectivity index (χ2v) is 4.16. The maximum absolute atomic E-state index is 11.7. The Labute approximate surface area is 112 Å². The topological polar surface area (TPSA) is 52.9 Å². The third-order valence-corrected chi connectivity index (χ3v) is 2.81. The van der Waals surface area contributed by atoms with Gasteiger partial charge in [0.05, 0.1) is 12.1 Å². The number of nitrogens with zero attached hydrogens (tertiary/aromatic N) is 1. The molecule has 0 unspecified atom stereocenters. The maximum Gasteiger partial charge on any atom is 0.234 e. The molecule has 0 aliphatic heterocycles. The molecule has 3 nitrogen and oxygen atoms in total. The van der Waals surface area contributed by atoms with Gasteiger partial charge in [-0.3, -0.25) is 4.79 Å². The smallest absolute Gasteiger partial charge is 0.234 e. The lowest BCUT2D eigenvalue weighted by molar-refractivity contribution is -0.120. The summed E-state index contributed by atoms with van der Waals surface area (Å²) in [6.45, 7) is 0. The summed E-state index contributed by atoms with van der Waals surface area (Å²) in [5.41, 5.74) is 2.00. The monoisotopic (exact) mass is 250 g/mol. The molecule has 0 heterocycles. The summed E-state index contributed by atoms with van der Waals surface area (Å²) >= 11 is 0. The van der Waals surface area contributed by atoms with Crippen LogP contribution in [0.5, 0.6) is 0 Å². The molecule has 0 saturated carbocycles. The summed E-state index contributed by atoms with van der Waals surface area (Å²) in [6, 6.07) is 21.1. The van der Waals surface area contributed by atoms with Crippen molar-refractivity contribution in [1.29, 1.82) is 5.26 Å². The van der Waals surface area contributed by atoms with Crippen molar-refractivity contribution in [2.24, 2.45) is 0 Å². The fourth-order valence-corrected chi connectivity index (χ4v) is 1.93. The Morgan fingerprint density at radius 3 is 1.89 bits per heavy atom. The number of nitrogens with one attached hydrogen (secondary N) is 1. The zero-order chi connectivity index (χ0) is 13.5. The fourth-order valence-electron chi connectivity index (χ4n) is 1.93. The van der Waals surface area contributed by atoms with Crippen molar-refractivity contribution in [1.82, 2.24) is 5.32 Å². The average molecular weight is 250 g/mol. The van der Waals surface area contributed by atoms with Gasteiger partial charge in [-0.1, -0.05) is 60.7 Å². The minimum atomic E-state index is -0.264. The van der Waals surface area contributed by atoms with Crippen LogP contribution in [0.2, 0.25) is 0 Å². The van der Waals surface area contributed by atoms with Gasteiger partial charge in [-0.25, -0.2) is 0 Å². The Morgan fingerprint density at radius 2 is 1.47 bits per heavy atom. The SMILES string of the molecule is N#CCC(=O)NC(c1ccccc1)c1ccccc1. The van der Waals surface area contributed by atoms with Crippen LogP contribution in [0.25, 0.3) is 0 Å². The first-order valence-electron chi connectivity index (χ1n) is 6.07. The molecule has 1 amide bonds. The number of carbonyl (C=O) groups excluding carboxylic acids is 1. The fraction of sp³-hybridized carbons (Fsp3) is 0.125. The zero-order valence-corrected chi connectivity index (χ0v) is 10.4. The number of carbonyl (C=O) groups is 1. The van der Waals surface area contributed by atoms with Crippen molar-refractivity contribution in [2.45, 2.75) is 12.5 Å². The van der Waals surface area contributed by atoms with Gasteiger partial charge in [0.1, 0.15) is 6.42 Å². The highest BCUT2D eigenvalue weighted by Gasteiger charge is 2.15.